The Morgan fingerprint density at radius 1 is 1.17 bits per heavy atom. The van der Waals surface area contributed by atoms with Gasteiger partial charge in [0.25, 0.3) is 6.01 Å². The minimum absolute atomic E-state index is 0.00750. The molecule has 29 heavy (non-hydrogen) atoms. The fourth-order valence-electron chi connectivity index (χ4n) is 4.02. The van der Waals surface area contributed by atoms with Gasteiger partial charge in [0, 0.05) is 6.54 Å². The smallest absolute Gasteiger partial charge is 0.295 e. The summed E-state index contributed by atoms with van der Waals surface area (Å²) in [4.78, 5) is 8.91. The second-order valence-corrected chi connectivity index (χ2v) is 7.61. The topological polar surface area (TPSA) is 99.9 Å². The highest BCUT2D eigenvalue weighted by atomic mass is 16.4. The Balaban J connectivity index is 1.38. The number of rotatable bonds is 4. The van der Waals surface area contributed by atoms with Crippen LogP contribution in [0.25, 0.3) is 22.1 Å². The lowest BCUT2D eigenvalue weighted by Crippen LogP contribution is -2.36. The van der Waals surface area contributed by atoms with Crippen LogP contribution >= 0.6 is 0 Å². The molecule has 0 aliphatic heterocycles. The summed E-state index contributed by atoms with van der Waals surface area (Å²) in [5.74, 6) is 0. The van der Waals surface area contributed by atoms with Gasteiger partial charge in [-0.3, -0.25) is 0 Å². The Kier molecular flexibility index (Phi) is 4.41. The Morgan fingerprint density at radius 3 is 2.93 bits per heavy atom. The first-order valence-corrected chi connectivity index (χ1v) is 9.89. The standard InChI is InChI=1S/C22H21N5O2/c23-11-14-6-8-19-18(9-14)24-13-27(19)12-15-5-7-17-21(10-15)29-22(26-17)25-16-3-1-2-4-20(16)28/h5-10,13,16,20,28H,1-4,12H2,(H,25,26)/t16-,20-/m1/s1. The van der Waals surface area contributed by atoms with Crippen LogP contribution in [0.3, 0.4) is 0 Å². The summed E-state index contributed by atoms with van der Waals surface area (Å²) in [6, 6.07) is 14.1. The van der Waals surface area contributed by atoms with Gasteiger partial charge in [-0.2, -0.15) is 10.2 Å². The highest BCUT2D eigenvalue weighted by Gasteiger charge is 2.24. The van der Waals surface area contributed by atoms with E-state index in [1.165, 1.54) is 0 Å². The molecule has 2 atom stereocenters. The third-order valence-electron chi connectivity index (χ3n) is 5.59. The third kappa shape index (κ3) is 3.43. The van der Waals surface area contributed by atoms with Gasteiger partial charge >= 0.3 is 0 Å². The van der Waals surface area contributed by atoms with Crippen LogP contribution in [0.15, 0.2) is 47.1 Å². The first kappa shape index (κ1) is 17.7. The van der Waals surface area contributed by atoms with E-state index < -0.39 is 0 Å². The first-order valence-electron chi connectivity index (χ1n) is 9.89. The predicted octanol–water partition coefficient (Wildman–Crippen LogP) is 3.81. The number of imidazole rings is 1. The van der Waals surface area contributed by atoms with E-state index >= 15 is 0 Å². The summed E-state index contributed by atoms with van der Waals surface area (Å²) in [5.41, 5.74) is 4.97. The fourth-order valence-corrected chi connectivity index (χ4v) is 4.02. The van der Waals surface area contributed by atoms with Crippen LogP contribution < -0.4 is 5.32 Å². The van der Waals surface area contributed by atoms with Gasteiger partial charge in [-0.05, 0) is 48.7 Å². The minimum atomic E-state index is -0.356. The molecule has 0 radical (unpaired) electrons. The van der Waals surface area contributed by atoms with Crippen molar-refractivity contribution in [3.63, 3.8) is 0 Å². The number of anilines is 1. The molecule has 1 aliphatic carbocycles. The molecule has 5 rings (SSSR count). The quantitative estimate of drug-likeness (QED) is 0.552. The van der Waals surface area contributed by atoms with Crippen molar-refractivity contribution in [1.29, 1.82) is 5.26 Å². The molecule has 0 spiro atoms. The number of aliphatic hydroxyl groups is 1. The number of benzene rings is 2. The lowest BCUT2D eigenvalue weighted by atomic mass is 9.93. The molecule has 1 saturated carbocycles. The molecule has 7 heteroatoms. The molecule has 0 amide bonds. The highest BCUT2D eigenvalue weighted by Crippen LogP contribution is 2.26. The molecule has 2 aromatic carbocycles. The summed E-state index contributed by atoms with van der Waals surface area (Å²) in [5, 5.41) is 22.4. The van der Waals surface area contributed by atoms with E-state index in [1.54, 1.807) is 18.5 Å². The fraction of sp³-hybridized carbons (Fsp3) is 0.318. The molecule has 1 aliphatic rings. The lowest BCUT2D eigenvalue weighted by molar-refractivity contribution is 0.115. The van der Waals surface area contributed by atoms with Crippen molar-refractivity contribution in [1.82, 2.24) is 14.5 Å². The SMILES string of the molecule is N#Cc1ccc2c(c1)ncn2Cc1ccc2nc(N[C@@H]3CCCC[C@H]3O)oc2c1. The zero-order valence-electron chi connectivity index (χ0n) is 15.9. The van der Waals surface area contributed by atoms with Gasteiger partial charge in [0.15, 0.2) is 5.58 Å². The lowest BCUT2D eigenvalue weighted by Gasteiger charge is -2.27. The van der Waals surface area contributed by atoms with Crippen LogP contribution in [0.1, 0.15) is 36.8 Å². The van der Waals surface area contributed by atoms with Gasteiger partial charge in [0.2, 0.25) is 0 Å². The maximum Gasteiger partial charge on any atom is 0.295 e. The Hall–Kier alpha value is -3.37. The predicted molar refractivity (Wildman–Crippen MR) is 109 cm³/mol. The van der Waals surface area contributed by atoms with Gasteiger partial charge in [-0.25, -0.2) is 4.98 Å². The van der Waals surface area contributed by atoms with Gasteiger partial charge in [0.05, 0.1) is 41.1 Å². The van der Waals surface area contributed by atoms with Gasteiger partial charge < -0.3 is 19.4 Å². The van der Waals surface area contributed by atoms with E-state index in [0.29, 0.717) is 23.7 Å². The average Bonchev–Trinajstić information content (AvgIpc) is 3.32. The van der Waals surface area contributed by atoms with Crippen molar-refractivity contribution in [2.45, 2.75) is 44.4 Å². The molecular weight excluding hydrogens is 366 g/mol. The number of oxazole rings is 1. The van der Waals surface area contributed by atoms with Gasteiger partial charge in [-0.1, -0.05) is 18.9 Å². The molecule has 146 valence electrons. The molecule has 0 unspecified atom stereocenters. The third-order valence-corrected chi connectivity index (χ3v) is 5.59. The largest absolute Gasteiger partial charge is 0.424 e. The van der Waals surface area contributed by atoms with E-state index in [1.807, 2.05) is 28.8 Å². The van der Waals surface area contributed by atoms with E-state index in [0.717, 1.165) is 47.8 Å². The van der Waals surface area contributed by atoms with Crippen LogP contribution in [0.2, 0.25) is 0 Å². The molecule has 2 heterocycles. The van der Waals surface area contributed by atoms with Gasteiger partial charge in [0.1, 0.15) is 5.52 Å². The van der Waals surface area contributed by atoms with Crippen molar-refractivity contribution >= 4 is 28.1 Å². The van der Waals surface area contributed by atoms with Crippen molar-refractivity contribution in [2.24, 2.45) is 0 Å². The summed E-state index contributed by atoms with van der Waals surface area (Å²) < 4.78 is 7.95. The number of fused-ring (bicyclic) bond motifs is 2. The summed E-state index contributed by atoms with van der Waals surface area (Å²) in [7, 11) is 0. The number of hydrogen-bond donors (Lipinski definition) is 2. The van der Waals surface area contributed by atoms with E-state index in [2.05, 4.69) is 21.4 Å². The maximum atomic E-state index is 10.2. The number of aliphatic hydroxyl groups excluding tert-OH is 1. The summed E-state index contributed by atoms with van der Waals surface area (Å²) in [6.07, 6.45) is 5.34. The molecule has 7 nitrogen and oxygen atoms in total. The first-order chi connectivity index (χ1) is 14.2. The zero-order chi connectivity index (χ0) is 19.8. The molecule has 0 saturated heterocycles. The second kappa shape index (κ2) is 7.22. The van der Waals surface area contributed by atoms with Crippen molar-refractivity contribution in [3.05, 3.63) is 53.9 Å². The van der Waals surface area contributed by atoms with Crippen LogP contribution in [0.4, 0.5) is 6.01 Å². The number of nitriles is 1. The monoisotopic (exact) mass is 387 g/mol. The van der Waals surface area contributed by atoms with Crippen LogP contribution in [-0.4, -0.2) is 31.8 Å². The summed E-state index contributed by atoms with van der Waals surface area (Å²) in [6.45, 7) is 0.642. The molecule has 0 bridgehead atoms. The minimum Gasteiger partial charge on any atom is -0.424 e. The van der Waals surface area contributed by atoms with Crippen molar-refractivity contribution < 1.29 is 9.52 Å². The molecule has 1 fully saturated rings. The van der Waals surface area contributed by atoms with Crippen LogP contribution in [0, 0.1) is 11.3 Å². The summed E-state index contributed by atoms with van der Waals surface area (Å²) >= 11 is 0. The highest BCUT2D eigenvalue weighted by molar-refractivity contribution is 5.78. The number of nitrogens with zero attached hydrogens (tertiary/aromatic N) is 4. The zero-order valence-corrected chi connectivity index (χ0v) is 15.9. The van der Waals surface area contributed by atoms with Crippen LogP contribution in [0.5, 0.6) is 0 Å². The van der Waals surface area contributed by atoms with Gasteiger partial charge in [-0.15, -0.1) is 0 Å². The van der Waals surface area contributed by atoms with E-state index in [4.69, 9.17) is 9.68 Å². The average molecular weight is 387 g/mol. The normalized spacial score (nSPS) is 19.4. The van der Waals surface area contributed by atoms with Crippen molar-refractivity contribution in [3.8, 4) is 6.07 Å². The molecular formula is C22H21N5O2. The van der Waals surface area contributed by atoms with Crippen molar-refractivity contribution in [2.75, 3.05) is 5.32 Å². The number of aromatic nitrogens is 3. The Bertz CT molecular complexity index is 1220. The van der Waals surface area contributed by atoms with E-state index in [-0.39, 0.29) is 12.1 Å². The maximum absolute atomic E-state index is 10.2. The molecule has 2 N–H and O–H groups in total. The second-order valence-electron chi connectivity index (χ2n) is 7.61. The number of nitrogens with one attached hydrogen (secondary N) is 1. The Morgan fingerprint density at radius 2 is 2.07 bits per heavy atom. The number of hydrogen-bond acceptors (Lipinski definition) is 6. The molecule has 4 aromatic rings. The molecule has 2 aromatic heterocycles. The van der Waals surface area contributed by atoms with Crippen LogP contribution in [-0.2, 0) is 6.54 Å². The Labute approximate surface area is 167 Å². The van der Waals surface area contributed by atoms with E-state index in [9.17, 15) is 5.11 Å².